The molecule has 1 aromatic heterocycles. The summed E-state index contributed by atoms with van der Waals surface area (Å²) in [5, 5.41) is 0. The molecule has 0 saturated carbocycles. The van der Waals surface area contributed by atoms with Gasteiger partial charge in [0.05, 0.1) is 21.7 Å². The third-order valence-electron chi connectivity index (χ3n) is 2.23. The highest BCUT2D eigenvalue weighted by Gasteiger charge is 2.19. The second-order valence-corrected chi connectivity index (χ2v) is 8.10. The normalized spacial score (nSPS) is 15.8. The molecule has 0 fully saturated rings. The minimum absolute atomic E-state index is 0.0274. The molecule has 1 aromatic rings. The molecule has 0 bridgehead atoms. The maximum Gasteiger partial charge on any atom is 0.214 e. The average molecular weight is 342 g/mol. The molecule has 0 aliphatic carbocycles. The van der Waals surface area contributed by atoms with E-state index in [0.29, 0.717) is 0 Å². The Morgan fingerprint density at radius 2 is 2.12 bits per heavy atom. The summed E-state index contributed by atoms with van der Waals surface area (Å²) in [6.07, 6.45) is -0.310. The van der Waals surface area contributed by atoms with E-state index in [0.717, 1.165) is 8.66 Å². The number of hydrogen-bond donors (Lipinski definition) is 1. The summed E-state index contributed by atoms with van der Waals surface area (Å²) < 4.78 is 32.2. The summed E-state index contributed by atoms with van der Waals surface area (Å²) in [4.78, 5) is 0.977. The van der Waals surface area contributed by atoms with Gasteiger partial charge in [-0.1, -0.05) is 0 Å². The van der Waals surface area contributed by atoms with Crippen molar-refractivity contribution in [3.8, 4) is 0 Å². The third-order valence-corrected chi connectivity index (χ3v) is 5.66. The van der Waals surface area contributed by atoms with Crippen molar-refractivity contribution in [2.45, 2.75) is 26.0 Å². The van der Waals surface area contributed by atoms with E-state index < -0.39 is 10.0 Å². The first-order valence-corrected chi connectivity index (χ1v) is 8.38. The van der Waals surface area contributed by atoms with Gasteiger partial charge in [-0.05, 0) is 41.9 Å². The zero-order valence-electron chi connectivity index (χ0n) is 9.94. The van der Waals surface area contributed by atoms with E-state index in [1.54, 1.807) is 6.92 Å². The van der Waals surface area contributed by atoms with Crippen LogP contribution in [0.3, 0.4) is 0 Å². The molecule has 7 heteroatoms. The number of nitrogens with one attached hydrogen (secondary N) is 1. The van der Waals surface area contributed by atoms with E-state index in [1.165, 1.54) is 18.4 Å². The molecule has 0 spiro atoms. The highest BCUT2D eigenvalue weighted by Crippen LogP contribution is 2.27. The first kappa shape index (κ1) is 15.1. The van der Waals surface area contributed by atoms with Crippen LogP contribution < -0.4 is 4.72 Å². The lowest BCUT2D eigenvalue weighted by Gasteiger charge is -2.15. The molecule has 0 aliphatic rings. The van der Waals surface area contributed by atoms with Gasteiger partial charge in [0.15, 0.2) is 0 Å². The van der Waals surface area contributed by atoms with Crippen LogP contribution >= 0.6 is 27.3 Å². The fraction of sp³-hybridized carbons (Fsp3) is 0.600. The maximum absolute atomic E-state index is 11.8. The van der Waals surface area contributed by atoms with E-state index >= 15 is 0 Å². The lowest BCUT2D eigenvalue weighted by atomic mass is 10.3. The van der Waals surface area contributed by atoms with Gasteiger partial charge in [0.25, 0.3) is 0 Å². The summed E-state index contributed by atoms with van der Waals surface area (Å²) in [6.45, 7) is 3.55. The Bertz CT molecular complexity index is 458. The number of methoxy groups -OCH3 is 1. The molecule has 4 nitrogen and oxygen atoms in total. The number of sulfonamides is 1. The van der Waals surface area contributed by atoms with Gasteiger partial charge >= 0.3 is 0 Å². The van der Waals surface area contributed by atoms with Crippen LogP contribution in [0.2, 0.25) is 0 Å². The van der Waals surface area contributed by atoms with Crippen LogP contribution in [-0.4, -0.2) is 27.4 Å². The molecule has 0 unspecified atom stereocenters. The predicted molar refractivity (Wildman–Crippen MR) is 73.8 cm³/mol. The molecule has 1 heterocycles. The van der Waals surface area contributed by atoms with E-state index in [4.69, 9.17) is 4.74 Å². The van der Waals surface area contributed by atoms with Crippen LogP contribution in [0.1, 0.15) is 24.8 Å². The largest absolute Gasteiger partial charge is 0.381 e. The molecule has 98 valence electrons. The molecule has 0 amide bonds. The lowest BCUT2D eigenvalue weighted by molar-refractivity contribution is 0.136. The second kappa shape index (κ2) is 6.29. The summed E-state index contributed by atoms with van der Waals surface area (Å²) in [5.41, 5.74) is 0. The van der Waals surface area contributed by atoms with Gasteiger partial charge in [-0.25, -0.2) is 13.1 Å². The molecular formula is C10H16BrNO3S2. The van der Waals surface area contributed by atoms with Crippen molar-refractivity contribution in [1.29, 1.82) is 0 Å². The van der Waals surface area contributed by atoms with Crippen LogP contribution in [0, 0.1) is 0 Å². The fourth-order valence-corrected chi connectivity index (χ4v) is 4.33. The van der Waals surface area contributed by atoms with Crippen LogP contribution in [0.4, 0.5) is 0 Å². The number of thiophene rings is 1. The Morgan fingerprint density at radius 3 is 2.59 bits per heavy atom. The summed E-state index contributed by atoms with van der Waals surface area (Å²) in [5.74, 6) is -0.0274. The lowest BCUT2D eigenvalue weighted by Crippen LogP contribution is -2.33. The smallest absolute Gasteiger partial charge is 0.214 e. The first-order valence-electron chi connectivity index (χ1n) is 5.12. The second-order valence-electron chi connectivity index (χ2n) is 3.81. The summed E-state index contributed by atoms with van der Waals surface area (Å²) >= 11 is 4.87. The van der Waals surface area contributed by atoms with Crippen molar-refractivity contribution >= 4 is 37.3 Å². The van der Waals surface area contributed by atoms with E-state index in [1.807, 2.05) is 19.1 Å². The third kappa shape index (κ3) is 5.05. The van der Waals surface area contributed by atoms with E-state index in [-0.39, 0.29) is 17.9 Å². The number of rotatable bonds is 6. The van der Waals surface area contributed by atoms with Gasteiger partial charge in [-0.2, -0.15) is 0 Å². The van der Waals surface area contributed by atoms with Crippen molar-refractivity contribution in [2.75, 3.05) is 12.9 Å². The van der Waals surface area contributed by atoms with E-state index in [9.17, 15) is 8.42 Å². The summed E-state index contributed by atoms with van der Waals surface area (Å²) in [7, 11) is -1.81. The van der Waals surface area contributed by atoms with Gasteiger partial charge in [-0.3, -0.25) is 0 Å². The topological polar surface area (TPSA) is 55.4 Å². The Hall–Kier alpha value is 0.0500. The molecule has 1 N–H and O–H groups in total. The zero-order chi connectivity index (χ0) is 13.1. The number of hydrogen-bond acceptors (Lipinski definition) is 4. The molecule has 17 heavy (non-hydrogen) atoms. The number of ether oxygens (including phenoxy) is 1. The Kier molecular flexibility index (Phi) is 5.59. The average Bonchev–Trinajstić information content (AvgIpc) is 2.63. The van der Waals surface area contributed by atoms with Gasteiger partial charge in [0, 0.05) is 12.0 Å². The molecule has 0 aromatic carbocycles. The Balaban J connectivity index is 2.64. The van der Waals surface area contributed by atoms with Crippen molar-refractivity contribution in [3.63, 3.8) is 0 Å². The highest BCUT2D eigenvalue weighted by atomic mass is 79.9. The number of halogens is 1. The van der Waals surface area contributed by atoms with Gasteiger partial charge in [-0.15, -0.1) is 11.3 Å². The van der Waals surface area contributed by atoms with Crippen LogP contribution in [0.15, 0.2) is 15.9 Å². The highest BCUT2D eigenvalue weighted by molar-refractivity contribution is 9.11. The SMILES string of the molecule is CO[C@H](C)CS(=O)(=O)N[C@H](C)c1ccc(Br)s1. The minimum Gasteiger partial charge on any atom is -0.381 e. The van der Waals surface area contributed by atoms with Gasteiger partial charge < -0.3 is 4.74 Å². The van der Waals surface area contributed by atoms with E-state index in [2.05, 4.69) is 20.7 Å². The van der Waals surface area contributed by atoms with Crippen molar-refractivity contribution in [3.05, 3.63) is 20.8 Å². The van der Waals surface area contributed by atoms with Crippen LogP contribution in [0.5, 0.6) is 0 Å². The van der Waals surface area contributed by atoms with Crippen LogP contribution in [-0.2, 0) is 14.8 Å². The zero-order valence-corrected chi connectivity index (χ0v) is 13.2. The predicted octanol–water partition coefficient (Wildman–Crippen LogP) is 2.53. The van der Waals surface area contributed by atoms with Crippen molar-refractivity contribution < 1.29 is 13.2 Å². The van der Waals surface area contributed by atoms with Crippen LogP contribution in [0.25, 0.3) is 0 Å². The summed E-state index contributed by atoms with van der Waals surface area (Å²) in [6, 6.07) is 3.59. The standard InChI is InChI=1S/C10H16BrNO3S2/c1-7(15-3)6-17(13,14)12-8(2)9-4-5-10(11)16-9/h4-5,7-8,12H,6H2,1-3H3/t7-,8-/m1/s1. The van der Waals surface area contributed by atoms with Crippen molar-refractivity contribution in [2.24, 2.45) is 0 Å². The quantitative estimate of drug-likeness (QED) is 0.864. The molecule has 1 rings (SSSR count). The van der Waals surface area contributed by atoms with Gasteiger partial charge in [0.1, 0.15) is 0 Å². The molecule has 2 atom stereocenters. The Labute approximate surface area is 115 Å². The Morgan fingerprint density at radius 1 is 1.47 bits per heavy atom. The molecule has 0 radical (unpaired) electrons. The fourth-order valence-electron chi connectivity index (χ4n) is 1.31. The monoisotopic (exact) mass is 341 g/mol. The minimum atomic E-state index is -3.31. The molecule has 0 saturated heterocycles. The van der Waals surface area contributed by atoms with Gasteiger partial charge in [0.2, 0.25) is 10.0 Å². The first-order chi connectivity index (χ1) is 7.84. The maximum atomic E-state index is 11.8. The molecule has 0 aliphatic heterocycles. The molecular weight excluding hydrogens is 326 g/mol. The van der Waals surface area contributed by atoms with Crippen molar-refractivity contribution in [1.82, 2.24) is 4.72 Å².